The minimum atomic E-state index is -0.0510. The molecule has 28 heavy (non-hydrogen) atoms. The lowest BCUT2D eigenvalue weighted by Gasteiger charge is -2.21. The SMILES string of the molecule is Nc1ncc(C(=O)N2CCc3[nH]nc(C4CC4)c3CC2)c(-c2ccccc2)n1. The number of hydrogen-bond donors (Lipinski definition) is 2. The van der Waals surface area contributed by atoms with Gasteiger partial charge in [0, 0.05) is 42.9 Å². The fourth-order valence-electron chi connectivity index (χ4n) is 3.94. The zero-order chi connectivity index (χ0) is 19.1. The van der Waals surface area contributed by atoms with Crippen molar-refractivity contribution in [2.75, 3.05) is 18.8 Å². The number of aromatic nitrogens is 4. The number of fused-ring (bicyclic) bond motifs is 1. The average Bonchev–Trinajstić information content (AvgIpc) is 3.52. The first kappa shape index (κ1) is 16.9. The molecule has 3 heterocycles. The Morgan fingerprint density at radius 3 is 2.71 bits per heavy atom. The molecule has 3 aromatic rings. The van der Waals surface area contributed by atoms with Crippen LogP contribution in [0.25, 0.3) is 11.3 Å². The van der Waals surface area contributed by atoms with Gasteiger partial charge in [0.15, 0.2) is 0 Å². The van der Waals surface area contributed by atoms with Crippen molar-refractivity contribution in [1.82, 2.24) is 25.1 Å². The van der Waals surface area contributed by atoms with Crippen molar-refractivity contribution in [3.05, 3.63) is 59.0 Å². The Morgan fingerprint density at radius 2 is 1.93 bits per heavy atom. The number of H-pyrrole nitrogens is 1. The molecule has 5 rings (SSSR count). The standard InChI is InChI=1S/C21H22N6O/c22-21-23-12-16(18(24-21)13-4-2-1-3-5-13)20(28)27-10-8-15-17(9-11-27)25-26-19(15)14-6-7-14/h1-5,12,14H,6-11H2,(H,25,26)(H2,22,23,24). The molecule has 1 aliphatic heterocycles. The van der Waals surface area contributed by atoms with Crippen molar-refractivity contribution in [2.45, 2.75) is 31.6 Å². The van der Waals surface area contributed by atoms with Crippen molar-refractivity contribution in [3.8, 4) is 11.3 Å². The molecular weight excluding hydrogens is 352 g/mol. The van der Waals surface area contributed by atoms with Gasteiger partial charge in [0.1, 0.15) is 0 Å². The highest BCUT2D eigenvalue weighted by atomic mass is 16.2. The van der Waals surface area contributed by atoms with Crippen LogP contribution < -0.4 is 5.73 Å². The molecular formula is C21H22N6O. The van der Waals surface area contributed by atoms with Gasteiger partial charge in [0.2, 0.25) is 5.95 Å². The van der Waals surface area contributed by atoms with Crippen LogP contribution >= 0.6 is 0 Å². The quantitative estimate of drug-likeness (QED) is 0.734. The third kappa shape index (κ3) is 3.02. The van der Waals surface area contributed by atoms with Crippen LogP contribution in [0.3, 0.4) is 0 Å². The highest BCUT2D eigenvalue weighted by Crippen LogP contribution is 2.41. The molecule has 0 radical (unpaired) electrons. The van der Waals surface area contributed by atoms with Crippen molar-refractivity contribution in [1.29, 1.82) is 0 Å². The number of benzene rings is 1. The number of anilines is 1. The van der Waals surface area contributed by atoms with E-state index in [4.69, 9.17) is 5.73 Å². The van der Waals surface area contributed by atoms with E-state index < -0.39 is 0 Å². The summed E-state index contributed by atoms with van der Waals surface area (Å²) in [6.07, 6.45) is 5.62. The number of aromatic amines is 1. The molecule has 7 heteroatoms. The number of nitrogen functional groups attached to an aromatic ring is 1. The number of nitrogens with one attached hydrogen (secondary N) is 1. The van der Waals surface area contributed by atoms with Crippen LogP contribution in [-0.4, -0.2) is 44.1 Å². The number of nitrogens with zero attached hydrogens (tertiary/aromatic N) is 4. The van der Waals surface area contributed by atoms with E-state index in [9.17, 15) is 4.79 Å². The van der Waals surface area contributed by atoms with Gasteiger partial charge in [-0.2, -0.15) is 5.10 Å². The Kier molecular flexibility index (Phi) is 4.07. The van der Waals surface area contributed by atoms with Gasteiger partial charge in [-0.25, -0.2) is 9.97 Å². The molecule has 1 fully saturated rings. The first-order valence-electron chi connectivity index (χ1n) is 9.74. The van der Waals surface area contributed by atoms with Gasteiger partial charge in [-0.3, -0.25) is 9.89 Å². The number of amides is 1. The van der Waals surface area contributed by atoms with Crippen molar-refractivity contribution < 1.29 is 4.79 Å². The maximum Gasteiger partial charge on any atom is 0.257 e. The topological polar surface area (TPSA) is 101 Å². The predicted octanol–water partition coefficient (Wildman–Crippen LogP) is 2.57. The van der Waals surface area contributed by atoms with Gasteiger partial charge >= 0.3 is 0 Å². The molecule has 0 unspecified atom stereocenters. The van der Waals surface area contributed by atoms with Crippen LogP contribution in [0.5, 0.6) is 0 Å². The summed E-state index contributed by atoms with van der Waals surface area (Å²) in [4.78, 5) is 23.7. The van der Waals surface area contributed by atoms with Crippen LogP contribution in [-0.2, 0) is 12.8 Å². The molecule has 1 aromatic carbocycles. The summed E-state index contributed by atoms with van der Waals surface area (Å²) >= 11 is 0. The zero-order valence-electron chi connectivity index (χ0n) is 15.6. The maximum absolute atomic E-state index is 13.3. The largest absolute Gasteiger partial charge is 0.368 e. The molecule has 2 aromatic heterocycles. The number of carbonyl (C=O) groups is 1. The van der Waals surface area contributed by atoms with Gasteiger partial charge in [-0.1, -0.05) is 30.3 Å². The van der Waals surface area contributed by atoms with Crippen LogP contribution in [0.1, 0.15) is 46.1 Å². The smallest absolute Gasteiger partial charge is 0.257 e. The number of nitrogens with two attached hydrogens (primary N) is 1. The van der Waals surface area contributed by atoms with E-state index in [0.29, 0.717) is 30.3 Å². The second kappa shape index (κ2) is 6.74. The summed E-state index contributed by atoms with van der Waals surface area (Å²) in [7, 11) is 0. The van der Waals surface area contributed by atoms with E-state index in [1.165, 1.54) is 29.8 Å². The summed E-state index contributed by atoms with van der Waals surface area (Å²) in [6, 6.07) is 9.64. The highest BCUT2D eigenvalue weighted by molar-refractivity contribution is 5.99. The molecule has 0 spiro atoms. The van der Waals surface area contributed by atoms with Crippen molar-refractivity contribution in [3.63, 3.8) is 0 Å². The Hall–Kier alpha value is -3.22. The molecule has 0 atom stereocenters. The lowest BCUT2D eigenvalue weighted by molar-refractivity contribution is 0.0762. The second-order valence-corrected chi connectivity index (χ2v) is 7.49. The van der Waals surface area contributed by atoms with Crippen LogP contribution in [0, 0.1) is 0 Å². The Labute approximate surface area is 163 Å². The van der Waals surface area contributed by atoms with Gasteiger partial charge in [-0.05, 0) is 24.8 Å². The molecule has 1 aliphatic carbocycles. The van der Waals surface area contributed by atoms with Crippen LogP contribution in [0.2, 0.25) is 0 Å². The number of rotatable bonds is 3. The van der Waals surface area contributed by atoms with E-state index in [2.05, 4.69) is 20.2 Å². The van der Waals surface area contributed by atoms with E-state index >= 15 is 0 Å². The summed E-state index contributed by atoms with van der Waals surface area (Å²) in [5.41, 5.74) is 11.4. The molecule has 0 bridgehead atoms. The molecule has 1 amide bonds. The van der Waals surface area contributed by atoms with Gasteiger partial charge in [0.05, 0.1) is 17.0 Å². The van der Waals surface area contributed by atoms with E-state index in [0.717, 1.165) is 18.4 Å². The lowest BCUT2D eigenvalue weighted by atomic mass is 10.1. The summed E-state index contributed by atoms with van der Waals surface area (Å²) in [5, 5.41) is 7.73. The second-order valence-electron chi connectivity index (χ2n) is 7.49. The first-order chi connectivity index (χ1) is 13.7. The molecule has 1 saturated carbocycles. The Morgan fingerprint density at radius 1 is 1.14 bits per heavy atom. The number of hydrogen-bond acceptors (Lipinski definition) is 5. The highest BCUT2D eigenvalue weighted by Gasteiger charge is 2.32. The van der Waals surface area contributed by atoms with Crippen LogP contribution in [0.15, 0.2) is 36.5 Å². The lowest BCUT2D eigenvalue weighted by Crippen LogP contribution is -2.34. The summed E-state index contributed by atoms with van der Waals surface area (Å²) < 4.78 is 0. The third-order valence-electron chi connectivity index (χ3n) is 5.58. The van der Waals surface area contributed by atoms with E-state index in [-0.39, 0.29) is 11.9 Å². The summed E-state index contributed by atoms with van der Waals surface area (Å²) in [5.74, 6) is 0.726. The van der Waals surface area contributed by atoms with E-state index in [1.807, 2.05) is 35.2 Å². The summed E-state index contributed by atoms with van der Waals surface area (Å²) in [6.45, 7) is 1.32. The van der Waals surface area contributed by atoms with Crippen molar-refractivity contribution >= 4 is 11.9 Å². The minimum absolute atomic E-state index is 0.0510. The zero-order valence-corrected chi connectivity index (χ0v) is 15.6. The maximum atomic E-state index is 13.3. The predicted molar refractivity (Wildman–Crippen MR) is 106 cm³/mol. The minimum Gasteiger partial charge on any atom is -0.368 e. The monoisotopic (exact) mass is 374 g/mol. The molecule has 0 saturated heterocycles. The fourth-order valence-corrected chi connectivity index (χ4v) is 3.94. The Balaban J connectivity index is 1.43. The van der Waals surface area contributed by atoms with Gasteiger partial charge < -0.3 is 10.6 Å². The van der Waals surface area contributed by atoms with Crippen molar-refractivity contribution in [2.24, 2.45) is 0 Å². The molecule has 142 valence electrons. The molecule has 3 N–H and O–H groups in total. The van der Waals surface area contributed by atoms with Gasteiger partial charge in [0.25, 0.3) is 5.91 Å². The third-order valence-corrected chi connectivity index (χ3v) is 5.58. The normalized spacial score (nSPS) is 16.5. The van der Waals surface area contributed by atoms with Crippen LogP contribution in [0.4, 0.5) is 5.95 Å². The van der Waals surface area contributed by atoms with Gasteiger partial charge in [-0.15, -0.1) is 0 Å². The first-order valence-corrected chi connectivity index (χ1v) is 9.74. The fraction of sp³-hybridized carbons (Fsp3) is 0.333. The van der Waals surface area contributed by atoms with E-state index in [1.54, 1.807) is 6.20 Å². The average molecular weight is 374 g/mol. The molecule has 7 nitrogen and oxygen atoms in total. The molecule has 2 aliphatic rings. The Bertz CT molecular complexity index is 1020. The number of carbonyl (C=O) groups excluding carboxylic acids is 1.